The van der Waals surface area contributed by atoms with E-state index in [2.05, 4.69) is 15.4 Å². The number of hydrogen-bond acceptors (Lipinski definition) is 5. The lowest BCUT2D eigenvalue weighted by Crippen LogP contribution is -2.47. The number of nitrogens with zero attached hydrogens (tertiary/aromatic N) is 3. The summed E-state index contributed by atoms with van der Waals surface area (Å²) in [5.74, 6) is 0.406. The van der Waals surface area contributed by atoms with E-state index in [-0.39, 0.29) is 35.5 Å². The van der Waals surface area contributed by atoms with Crippen LogP contribution < -0.4 is 15.9 Å². The molecule has 0 bridgehead atoms. The maximum absolute atomic E-state index is 13.1. The number of nitrogens with one attached hydrogen (secondary N) is 1. The summed E-state index contributed by atoms with van der Waals surface area (Å²) < 4.78 is 5.86. The maximum atomic E-state index is 13.1. The van der Waals surface area contributed by atoms with Crippen molar-refractivity contribution in [3.05, 3.63) is 70.5 Å². The number of benzene rings is 2. The number of amides is 1. The highest BCUT2D eigenvalue weighted by molar-refractivity contribution is 5.92. The minimum Gasteiger partial charge on any atom is -0.372 e. The molecule has 32 heavy (non-hydrogen) atoms. The Hall–Kier alpha value is -3.19. The molecule has 1 amide bonds. The number of morpholine rings is 1. The standard InChI is InChI=1S/C25H30N4O3/c1-17-15-28(16-18(2)32-17)23-20-12-8-9-13-21(20)24(31)29(27-23)26-22(30)14-25(3,4)19-10-6-5-7-11-19/h5-13,17-18H,14-16H2,1-4H3,(H,26,30)/t17-,18+. The molecule has 0 unspecified atom stereocenters. The van der Waals surface area contributed by atoms with Crippen molar-refractivity contribution in [2.75, 3.05) is 23.4 Å². The molecule has 0 radical (unpaired) electrons. The Bertz CT molecular complexity index is 1160. The van der Waals surface area contributed by atoms with Crippen LogP contribution in [0.3, 0.4) is 0 Å². The molecule has 1 aliphatic rings. The number of ether oxygens (including phenoxy) is 1. The zero-order valence-electron chi connectivity index (χ0n) is 19.0. The first-order chi connectivity index (χ1) is 15.2. The van der Waals surface area contributed by atoms with Crippen LogP contribution in [-0.2, 0) is 14.9 Å². The summed E-state index contributed by atoms with van der Waals surface area (Å²) >= 11 is 0. The Kier molecular flexibility index (Phi) is 6.02. The van der Waals surface area contributed by atoms with Crippen molar-refractivity contribution < 1.29 is 9.53 Å². The van der Waals surface area contributed by atoms with Crippen molar-refractivity contribution in [3.63, 3.8) is 0 Å². The fourth-order valence-corrected chi connectivity index (χ4v) is 4.38. The number of carbonyl (C=O) groups excluding carboxylic acids is 1. The first kappa shape index (κ1) is 22.0. The molecule has 7 nitrogen and oxygen atoms in total. The van der Waals surface area contributed by atoms with Crippen molar-refractivity contribution in [3.8, 4) is 0 Å². The molecule has 4 rings (SSSR count). The van der Waals surface area contributed by atoms with E-state index in [0.29, 0.717) is 24.3 Å². The van der Waals surface area contributed by atoms with Crippen molar-refractivity contribution in [1.82, 2.24) is 9.89 Å². The van der Waals surface area contributed by atoms with Gasteiger partial charge in [0.25, 0.3) is 5.56 Å². The first-order valence-corrected chi connectivity index (χ1v) is 11.0. The lowest BCUT2D eigenvalue weighted by Gasteiger charge is -2.36. The van der Waals surface area contributed by atoms with Gasteiger partial charge in [0.15, 0.2) is 5.82 Å². The zero-order valence-corrected chi connectivity index (χ0v) is 19.0. The quantitative estimate of drug-likeness (QED) is 0.666. The number of anilines is 1. The van der Waals surface area contributed by atoms with E-state index < -0.39 is 0 Å². The van der Waals surface area contributed by atoms with Crippen molar-refractivity contribution in [1.29, 1.82) is 0 Å². The van der Waals surface area contributed by atoms with Gasteiger partial charge in [-0.3, -0.25) is 9.59 Å². The molecule has 168 valence electrons. The van der Waals surface area contributed by atoms with Gasteiger partial charge in [-0.15, -0.1) is 9.89 Å². The molecule has 1 aliphatic heterocycles. The second-order valence-corrected chi connectivity index (χ2v) is 9.21. The van der Waals surface area contributed by atoms with E-state index in [4.69, 9.17) is 4.74 Å². The minimum absolute atomic E-state index is 0.0425. The topological polar surface area (TPSA) is 76.5 Å². The molecule has 0 aliphatic carbocycles. The Morgan fingerprint density at radius 1 is 1.03 bits per heavy atom. The van der Waals surface area contributed by atoms with Crippen LogP contribution >= 0.6 is 0 Å². The molecule has 1 fully saturated rings. The van der Waals surface area contributed by atoms with Crippen molar-refractivity contribution in [2.45, 2.75) is 51.7 Å². The van der Waals surface area contributed by atoms with Gasteiger partial charge >= 0.3 is 0 Å². The number of hydrogen-bond donors (Lipinski definition) is 1. The Morgan fingerprint density at radius 2 is 1.62 bits per heavy atom. The zero-order chi connectivity index (χ0) is 22.9. The van der Waals surface area contributed by atoms with Gasteiger partial charge in [0.2, 0.25) is 5.91 Å². The fourth-order valence-electron chi connectivity index (χ4n) is 4.38. The second kappa shape index (κ2) is 8.74. The highest BCUT2D eigenvalue weighted by Gasteiger charge is 2.27. The molecule has 1 saturated heterocycles. The average molecular weight is 435 g/mol. The summed E-state index contributed by atoms with van der Waals surface area (Å²) in [6, 6.07) is 17.3. The third-order valence-electron chi connectivity index (χ3n) is 5.89. The molecule has 2 aromatic carbocycles. The Morgan fingerprint density at radius 3 is 2.28 bits per heavy atom. The molecule has 1 N–H and O–H groups in total. The summed E-state index contributed by atoms with van der Waals surface area (Å²) in [4.78, 5) is 29.3. The smallest absolute Gasteiger partial charge is 0.294 e. The second-order valence-electron chi connectivity index (χ2n) is 9.21. The molecule has 0 spiro atoms. The average Bonchev–Trinajstić information content (AvgIpc) is 2.75. The predicted molar refractivity (Wildman–Crippen MR) is 127 cm³/mol. The van der Waals surface area contributed by atoms with Gasteiger partial charge in [-0.2, -0.15) is 0 Å². The van der Waals surface area contributed by atoms with Crippen LogP contribution in [0.5, 0.6) is 0 Å². The van der Waals surface area contributed by atoms with E-state index in [9.17, 15) is 9.59 Å². The van der Waals surface area contributed by atoms with Gasteiger partial charge < -0.3 is 9.64 Å². The van der Waals surface area contributed by atoms with Crippen molar-refractivity contribution in [2.24, 2.45) is 0 Å². The van der Waals surface area contributed by atoms with Gasteiger partial charge in [-0.05, 0) is 30.9 Å². The fraction of sp³-hybridized carbons (Fsp3) is 0.400. The predicted octanol–water partition coefficient (Wildman–Crippen LogP) is 3.45. The molecular weight excluding hydrogens is 404 g/mol. The molecule has 0 saturated carbocycles. The largest absolute Gasteiger partial charge is 0.372 e. The SMILES string of the molecule is C[C@@H]1CN(c2nn(NC(=O)CC(C)(C)c3ccccc3)c(=O)c3ccccc23)C[C@H](C)O1. The van der Waals surface area contributed by atoms with Crippen LogP contribution in [0.15, 0.2) is 59.4 Å². The van der Waals surface area contributed by atoms with Crippen molar-refractivity contribution >= 4 is 22.5 Å². The van der Waals surface area contributed by atoms with E-state index >= 15 is 0 Å². The van der Waals surface area contributed by atoms with Crippen LogP contribution in [0.1, 0.15) is 39.7 Å². The van der Waals surface area contributed by atoms with Gasteiger partial charge in [0.1, 0.15) is 0 Å². The van der Waals surface area contributed by atoms with Gasteiger partial charge in [-0.25, -0.2) is 5.43 Å². The molecule has 3 aromatic rings. The number of fused-ring (bicyclic) bond motifs is 1. The third-order valence-corrected chi connectivity index (χ3v) is 5.89. The lowest BCUT2D eigenvalue weighted by atomic mass is 9.81. The van der Waals surface area contributed by atoms with E-state index in [1.165, 1.54) is 0 Å². The van der Waals surface area contributed by atoms with Crippen LogP contribution in [-0.4, -0.2) is 41.1 Å². The number of carbonyl (C=O) groups is 1. The third kappa shape index (κ3) is 4.53. The molecule has 2 atom stereocenters. The van der Waals surface area contributed by atoms with Crippen LogP contribution in [0.2, 0.25) is 0 Å². The normalized spacial score (nSPS) is 19.2. The summed E-state index contributed by atoms with van der Waals surface area (Å²) in [5.41, 5.74) is 3.06. The van der Waals surface area contributed by atoms with Gasteiger partial charge in [0, 0.05) is 24.9 Å². The maximum Gasteiger partial charge on any atom is 0.294 e. The lowest BCUT2D eigenvalue weighted by molar-refractivity contribution is -0.118. The van der Waals surface area contributed by atoms with Crippen LogP contribution in [0, 0.1) is 0 Å². The summed E-state index contributed by atoms with van der Waals surface area (Å²) in [6.45, 7) is 9.40. The van der Waals surface area contributed by atoms with E-state index in [1.54, 1.807) is 6.07 Å². The monoisotopic (exact) mass is 434 g/mol. The van der Waals surface area contributed by atoms with E-state index in [0.717, 1.165) is 15.7 Å². The Balaban J connectivity index is 1.66. The highest BCUT2D eigenvalue weighted by Crippen LogP contribution is 2.27. The molecular formula is C25H30N4O3. The molecule has 2 heterocycles. The van der Waals surface area contributed by atoms with E-state index in [1.807, 2.05) is 76.2 Å². The summed E-state index contributed by atoms with van der Waals surface area (Å²) in [7, 11) is 0. The minimum atomic E-state index is -0.385. The Labute approximate surface area is 188 Å². The highest BCUT2D eigenvalue weighted by atomic mass is 16.5. The summed E-state index contributed by atoms with van der Waals surface area (Å²) in [6.07, 6.45) is 0.306. The number of rotatable bonds is 5. The molecule has 7 heteroatoms. The number of aromatic nitrogens is 2. The van der Waals surface area contributed by atoms with Crippen LogP contribution in [0.4, 0.5) is 5.82 Å². The first-order valence-electron chi connectivity index (χ1n) is 11.0. The molecule has 1 aromatic heterocycles. The van der Waals surface area contributed by atoms with Gasteiger partial charge in [0.05, 0.1) is 17.6 Å². The summed E-state index contributed by atoms with van der Waals surface area (Å²) in [5, 5.41) is 5.87. The van der Waals surface area contributed by atoms with Crippen LogP contribution in [0.25, 0.3) is 10.8 Å². The van der Waals surface area contributed by atoms with Gasteiger partial charge in [-0.1, -0.05) is 62.4 Å².